The Balaban J connectivity index is 1.40. The third-order valence-corrected chi connectivity index (χ3v) is 5.72. The molecular weight excluding hydrogens is 374 g/mol. The molecule has 2 aliphatic heterocycles. The molecule has 4 rings (SSSR count). The van der Waals surface area contributed by atoms with Crippen molar-refractivity contribution in [2.45, 2.75) is 6.54 Å². The maximum Gasteiger partial charge on any atom is 0.256 e. The predicted octanol–water partition coefficient (Wildman–Crippen LogP) is 3.13. The Morgan fingerprint density at radius 1 is 0.893 bits per heavy atom. The van der Waals surface area contributed by atoms with Crippen molar-refractivity contribution < 1.29 is 9.53 Å². The van der Waals surface area contributed by atoms with E-state index in [4.69, 9.17) is 16.3 Å². The zero-order valence-electron chi connectivity index (χ0n) is 16.0. The van der Waals surface area contributed by atoms with Crippen LogP contribution in [0.25, 0.3) is 0 Å². The average molecular weight is 400 g/mol. The molecule has 2 saturated heterocycles. The van der Waals surface area contributed by atoms with Gasteiger partial charge in [-0.05, 0) is 29.8 Å². The third-order valence-electron chi connectivity index (χ3n) is 5.47. The van der Waals surface area contributed by atoms with Gasteiger partial charge >= 0.3 is 0 Å². The Bertz CT molecular complexity index is 798. The standard InChI is InChI=1S/C22H26ClN3O2/c23-19-7-5-18(6-8-19)17-24-9-11-25(12-10-24)21-4-2-1-3-20(21)22(27)26-13-15-28-16-14-26/h1-8H,9-17H2. The molecule has 0 bridgehead atoms. The van der Waals surface area contributed by atoms with Gasteiger partial charge in [0.15, 0.2) is 0 Å². The lowest BCUT2D eigenvalue weighted by Gasteiger charge is -2.37. The first-order chi connectivity index (χ1) is 13.7. The Kier molecular flexibility index (Phi) is 6.15. The number of carbonyl (C=O) groups excluding carboxylic acids is 1. The smallest absolute Gasteiger partial charge is 0.256 e. The molecule has 2 aromatic rings. The van der Waals surface area contributed by atoms with Gasteiger partial charge in [0.05, 0.1) is 18.8 Å². The van der Waals surface area contributed by atoms with Crippen LogP contribution in [0.15, 0.2) is 48.5 Å². The van der Waals surface area contributed by atoms with E-state index in [0.29, 0.717) is 26.3 Å². The van der Waals surface area contributed by atoms with Crippen LogP contribution in [0.5, 0.6) is 0 Å². The molecule has 0 spiro atoms. The van der Waals surface area contributed by atoms with Crippen molar-refractivity contribution in [1.82, 2.24) is 9.80 Å². The summed E-state index contributed by atoms with van der Waals surface area (Å²) in [5.74, 6) is 0.113. The summed E-state index contributed by atoms with van der Waals surface area (Å²) in [7, 11) is 0. The van der Waals surface area contributed by atoms with Crippen molar-refractivity contribution in [3.8, 4) is 0 Å². The molecule has 0 aromatic heterocycles. The van der Waals surface area contributed by atoms with Crippen molar-refractivity contribution in [2.75, 3.05) is 57.4 Å². The van der Waals surface area contributed by atoms with Crippen LogP contribution in [-0.4, -0.2) is 68.2 Å². The molecule has 5 nitrogen and oxygen atoms in total. The van der Waals surface area contributed by atoms with Crippen molar-refractivity contribution >= 4 is 23.2 Å². The predicted molar refractivity (Wildman–Crippen MR) is 112 cm³/mol. The first-order valence-corrected chi connectivity index (χ1v) is 10.3. The van der Waals surface area contributed by atoms with E-state index in [2.05, 4.69) is 28.0 Å². The van der Waals surface area contributed by atoms with Crippen LogP contribution in [0.2, 0.25) is 5.02 Å². The molecule has 0 atom stereocenters. The first-order valence-electron chi connectivity index (χ1n) is 9.88. The van der Waals surface area contributed by atoms with Crippen LogP contribution in [-0.2, 0) is 11.3 Å². The minimum absolute atomic E-state index is 0.113. The average Bonchev–Trinajstić information content (AvgIpc) is 2.76. The zero-order chi connectivity index (χ0) is 19.3. The number of carbonyl (C=O) groups is 1. The summed E-state index contributed by atoms with van der Waals surface area (Å²) in [6.07, 6.45) is 0. The van der Waals surface area contributed by atoms with Gasteiger partial charge in [-0.15, -0.1) is 0 Å². The summed E-state index contributed by atoms with van der Waals surface area (Å²) < 4.78 is 5.38. The summed E-state index contributed by atoms with van der Waals surface area (Å²) in [6, 6.07) is 16.1. The van der Waals surface area contributed by atoms with E-state index in [1.54, 1.807) is 0 Å². The van der Waals surface area contributed by atoms with Crippen molar-refractivity contribution in [1.29, 1.82) is 0 Å². The van der Waals surface area contributed by atoms with E-state index < -0.39 is 0 Å². The zero-order valence-corrected chi connectivity index (χ0v) is 16.8. The molecule has 6 heteroatoms. The number of ether oxygens (including phenoxy) is 1. The monoisotopic (exact) mass is 399 g/mol. The van der Waals surface area contributed by atoms with Crippen LogP contribution >= 0.6 is 11.6 Å². The maximum absolute atomic E-state index is 13.0. The molecule has 2 aliphatic rings. The third kappa shape index (κ3) is 4.49. The second kappa shape index (κ2) is 8.95. The summed E-state index contributed by atoms with van der Waals surface area (Å²) >= 11 is 5.98. The van der Waals surface area contributed by atoms with Gasteiger partial charge in [0.25, 0.3) is 5.91 Å². The Morgan fingerprint density at radius 2 is 1.57 bits per heavy atom. The second-order valence-electron chi connectivity index (χ2n) is 7.31. The summed E-state index contributed by atoms with van der Waals surface area (Å²) in [5.41, 5.74) is 3.13. The van der Waals surface area contributed by atoms with Gasteiger partial charge in [-0.1, -0.05) is 35.9 Å². The van der Waals surface area contributed by atoms with Gasteiger partial charge in [0.1, 0.15) is 0 Å². The minimum atomic E-state index is 0.113. The molecule has 2 aromatic carbocycles. The highest BCUT2D eigenvalue weighted by Crippen LogP contribution is 2.24. The van der Waals surface area contributed by atoms with Gasteiger partial charge in [0.2, 0.25) is 0 Å². The number of benzene rings is 2. The highest BCUT2D eigenvalue weighted by Gasteiger charge is 2.25. The lowest BCUT2D eigenvalue weighted by Crippen LogP contribution is -2.47. The number of amides is 1. The molecule has 0 aliphatic carbocycles. The number of rotatable bonds is 4. The molecule has 2 fully saturated rings. The normalized spacial score (nSPS) is 18.3. The number of anilines is 1. The maximum atomic E-state index is 13.0. The molecule has 0 radical (unpaired) electrons. The van der Waals surface area contributed by atoms with Crippen LogP contribution < -0.4 is 4.90 Å². The largest absolute Gasteiger partial charge is 0.378 e. The fourth-order valence-corrected chi connectivity index (χ4v) is 3.99. The molecule has 0 saturated carbocycles. The van der Waals surface area contributed by atoms with E-state index >= 15 is 0 Å². The first kappa shape index (κ1) is 19.2. The fourth-order valence-electron chi connectivity index (χ4n) is 3.86. The van der Waals surface area contributed by atoms with Crippen molar-refractivity contribution in [3.05, 3.63) is 64.7 Å². The van der Waals surface area contributed by atoms with Crippen molar-refractivity contribution in [2.24, 2.45) is 0 Å². The number of morpholine rings is 1. The van der Waals surface area contributed by atoms with E-state index in [1.165, 1.54) is 5.56 Å². The van der Waals surface area contributed by atoms with Gasteiger partial charge in [-0.2, -0.15) is 0 Å². The van der Waals surface area contributed by atoms with Crippen LogP contribution in [0, 0.1) is 0 Å². The van der Waals surface area contributed by atoms with Gasteiger partial charge in [-0.3, -0.25) is 9.69 Å². The minimum Gasteiger partial charge on any atom is -0.378 e. The topological polar surface area (TPSA) is 36.0 Å². The number of hydrogen-bond acceptors (Lipinski definition) is 4. The van der Waals surface area contributed by atoms with E-state index in [-0.39, 0.29) is 5.91 Å². The highest BCUT2D eigenvalue weighted by atomic mass is 35.5. The van der Waals surface area contributed by atoms with Crippen LogP contribution in [0.3, 0.4) is 0 Å². The molecular formula is C22H26ClN3O2. The molecule has 28 heavy (non-hydrogen) atoms. The van der Waals surface area contributed by atoms with Crippen LogP contribution in [0.1, 0.15) is 15.9 Å². The SMILES string of the molecule is O=C(c1ccccc1N1CCN(Cc2ccc(Cl)cc2)CC1)N1CCOCC1. The number of para-hydroxylation sites is 1. The van der Waals surface area contributed by atoms with Gasteiger partial charge < -0.3 is 14.5 Å². The molecule has 1 amide bonds. The number of halogens is 1. The van der Waals surface area contributed by atoms with Crippen LogP contribution in [0.4, 0.5) is 5.69 Å². The number of nitrogens with zero attached hydrogens (tertiary/aromatic N) is 3. The lowest BCUT2D eigenvalue weighted by atomic mass is 10.1. The van der Waals surface area contributed by atoms with Crippen molar-refractivity contribution in [3.63, 3.8) is 0 Å². The summed E-state index contributed by atoms with van der Waals surface area (Å²) in [4.78, 5) is 19.7. The summed E-state index contributed by atoms with van der Waals surface area (Å²) in [5, 5.41) is 0.773. The molecule has 0 N–H and O–H groups in total. The molecule has 2 heterocycles. The van der Waals surface area contributed by atoms with Gasteiger partial charge in [-0.25, -0.2) is 0 Å². The lowest BCUT2D eigenvalue weighted by molar-refractivity contribution is 0.0303. The molecule has 148 valence electrons. The molecule has 0 unspecified atom stereocenters. The second-order valence-corrected chi connectivity index (χ2v) is 7.75. The Hall–Kier alpha value is -2.08. The Morgan fingerprint density at radius 3 is 2.29 bits per heavy atom. The highest BCUT2D eigenvalue weighted by molar-refractivity contribution is 6.30. The fraction of sp³-hybridized carbons (Fsp3) is 0.409. The Labute approximate surface area is 171 Å². The quantitative estimate of drug-likeness (QED) is 0.791. The number of hydrogen-bond donors (Lipinski definition) is 0. The van der Waals surface area contributed by atoms with Gasteiger partial charge in [0, 0.05) is 56.5 Å². The summed E-state index contributed by atoms with van der Waals surface area (Å²) in [6.45, 7) is 7.30. The number of piperazine rings is 1. The van der Waals surface area contributed by atoms with E-state index in [9.17, 15) is 4.79 Å². The van der Waals surface area contributed by atoms with E-state index in [1.807, 2.05) is 35.2 Å². The van der Waals surface area contributed by atoms with E-state index in [0.717, 1.165) is 49.0 Å².